The lowest BCUT2D eigenvalue weighted by Crippen LogP contribution is -2.34. The Bertz CT molecular complexity index is 958. The Hall–Kier alpha value is -3.00. The molecule has 1 aliphatic heterocycles. The van der Waals surface area contributed by atoms with Crippen LogP contribution in [0.25, 0.3) is 0 Å². The molecular formula is C24H27NO6. The van der Waals surface area contributed by atoms with Crippen molar-refractivity contribution in [3.63, 3.8) is 0 Å². The summed E-state index contributed by atoms with van der Waals surface area (Å²) in [6.07, 6.45) is 0.964. The molecule has 1 N–H and O–H groups in total. The van der Waals surface area contributed by atoms with Crippen molar-refractivity contribution in [3.8, 4) is 17.2 Å². The van der Waals surface area contributed by atoms with Gasteiger partial charge in [0.05, 0.1) is 26.1 Å². The first-order valence-corrected chi connectivity index (χ1v) is 10.2. The van der Waals surface area contributed by atoms with Gasteiger partial charge in [-0.15, -0.1) is 0 Å². The van der Waals surface area contributed by atoms with Crippen molar-refractivity contribution in [3.05, 3.63) is 77.7 Å². The predicted molar refractivity (Wildman–Crippen MR) is 114 cm³/mol. The van der Waals surface area contributed by atoms with Gasteiger partial charge in [0.2, 0.25) is 6.79 Å². The van der Waals surface area contributed by atoms with Crippen LogP contribution in [0.15, 0.2) is 65.3 Å². The van der Waals surface area contributed by atoms with Crippen LogP contribution in [-0.4, -0.2) is 43.2 Å². The van der Waals surface area contributed by atoms with Crippen molar-refractivity contribution in [2.24, 2.45) is 0 Å². The molecule has 0 amide bonds. The van der Waals surface area contributed by atoms with Crippen LogP contribution in [0.1, 0.15) is 16.9 Å². The minimum absolute atomic E-state index is 0.219. The van der Waals surface area contributed by atoms with E-state index in [0.717, 1.165) is 34.1 Å². The highest BCUT2D eigenvalue weighted by molar-refractivity contribution is 5.44. The molecule has 4 rings (SSSR count). The van der Waals surface area contributed by atoms with Gasteiger partial charge in [0.25, 0.3) is 0 Å². The second-order valence-corrected chi connectivity index (χ2v) is 7.46. The summed E-state index contributed by atoms with van der Waals surface area (Å²) in [5.41, 5.74) is 2.18. The van der Waals surface area contributed by atoms with Crippen LogP contribution in [-0.2, 0) is 24.4 Å². The van der Waals surface area contributed by atoms with Gasteiger partial charge in [0, 0.05) is 19.6 Å². The Balaban J connectivity index is 1.40. The number of aliphatic hydroxyl groups excluding tert-OH is 1. The Morgan fingerprint density at radius 1 is 1.00 bits per heavy atom. The van der Waals surface area contributed by atoms with Gasteiger partial charge < -0.3 is 28.5 Å². The molecule has 31 heavy (non-hydrogen) atoms. The highest BCUT2D eigenvalue weighted by Crippen LogP contribution is 2.33. The molecule has 164 valence electrons. The SMILES string of the molecule is COc1cccc(CN(Cc2ccc3c(c2)OCO3)C[C@H](O)COCc2ccco2)c1. The molecule has 3 aromatic rings. The van der Waals surface area contributed by atoms with E-state index in [1.54, 1.807) is 13.4 Å². The molecule has 7 heteroatoms. The highest BCUT2D eigenvalue weighted by atomic mass is 16.7. The van der Waals surface area contributed by atoms with Gasteiger partial charge in [0.1, 0.15) is 18.1 Å². The van der Waals surface area contributed by atoms with Crippen molar-refractivity contribution in [1.29, 1.82) is 0 Å². The number of nitrogens with zero attached hydrogens (tertiary/aromatic N) is 1. The molecule has 0 bridgehead atoms. The number of fused-ring (bicyclic) bond motifs is 1. The Morgan fingerprint density at radius 2 is 1.84 bits per heavy atom. The molecule has 0 unspecified atom stereocenters. The average Bonchev–Trinajstić information content (AvgIpc) is 3.45. The van der Waals surface area contributed by atoms with Crippen LogP contribution < -0.4 is 14.2 Å². The second-order valence-electron chi connectivity index (χ2n) is 7.46. The van der Waals surface area contributed by atoms with E-state index < -0.39 is 6.10 Å². The first-order chi connectivity index (χ1) is 15.2. The quantitative estimate of drug-likeness (QED) is 0.503. The van der Waals surface area contributed by atoms with E-state index in [2.05, 4.69) is 11.0 Å². The summed E-state index contributed by atoms with van der Waals surface area (Å²) in [5.74, 6) is 3.05. The zero-order chi connectivity index (χ0) is 21.5. The number of rotatable bonds is 11. The van der Waals surface area contributed by atoms with Gasteiger partial charge in [-0.1, -0.05) is 18.2 Å². The number of methoxy groups -OCH3 is 1. The Morgan fingerprint density at radius 3 is 2.65 bits per heavy atom. The molecule has 7 nitrogen and oxygen atoms in total. The second kappa shape index (κ2) is 10.3. The predicted octanol–water partition coefficient (Wildman–Crippen LogP) is 3.60. The van der Waals surface area contributed by atoms with Gasteiger partial charge in [0.15, 0.2) is 11.5 Å². The summed E-state index contributed by atoms with van der Waals surface area (Å²) in [6.45, 7) is 2.55. The zero-order valence-electron chi connectivity index (χ0n) is 17.5. The first kappa shape index (κ1) is 21.2. The molecular weight excluding hydrogens is 398 g/mol. The fourth-order valence-corrected chi connectivity index (χ4v) is 3.55. The van der Waals surface area contributed by atoms with E-state index in [4.69, 9.17) is 23.4 Å². The summed E-state index contributed by atoms with van der Waals surface area (Å²) in [4.78, 5) is 2.17. The van der Waals surface area contributed by atoms with E-state index in [-0.39, 0.29) is 13.4 Å². The van der Waals surface area contributed by atoms with E-state index in [9.17, 15) is 5.11 Å². The average molecular weight is 425 g/mol. The maximum absolute atomic E-state index is 10.6. The molecule has 1 atom stereocenters. The van der Waals surface area contributed by atoms with Gasteiger partial charge in [-0.05, 0) is 47.5 Å². The molecule has 0 spiro atoms. The molecule has 0 saturated heterocycles. The lowest BCUT2D eigenvalue weighted by molar-refractivity contribution is 0.00252. The summed E-state index contributed by atoms with van der Waals surface area (Å²) in [7, 11) is 1.66. The molecule has 0 radical (unpaired) electrons. The summed E-state index contributed by atoms with van der Waals surface area (Å²) in [6, 6.07) is 17.5. The fourth-order valence-electron chi connectivity index (χ4n) is 3.55. The molecule has 0 aliphatic carbocycles. The smallest absolute Gasteiger partial charge is 0.231 e. The molecule has 1 aromatic heterocycles. The van der Waals surface area contributed by atoms with Gasteiger partial charge in [-0.2, -0.15) is 0 Å². The molecule has 2 aromatic carbocycles. The third kappa shape index (κ3) is 6.01. The topological polar surface area (TPSA) is 73.5 Å². The maximum Gasteiger partial charge on any atom is 0.231 e. The summed E-state index contributed by atoms with van der Waals surface area (Å²) >= 11 is 0. The number of furan rings is 1. The number of hydrogen-bond acceptors (Lipinski definition) is 7. The monoisotopic (exact) mass is 425 g/mol. The van der Waals surface area contributed by atoms with Crippen molar-refractivity contribution in [2.75, 3.05) is 27.1 Å². The summed E-state index contributed by atoms with van der Waals surface area (Å²) in [5, 5.41) is 10.6. The Labute approximate surface area is 181 Å². The largest absolute Gasteiger partial charge is 0.497 e. The van der Waals surface area contributed by atoms with E-state index in [1.165, 1.54) is 0 Å². The third-order valence-electron chi connectivity index (χ3n) is 4.99. The Kier molecular flexibility index (Phi) is 7.09. The van der Waals surface area contributed by atoms with Crippen LogP contribution in [0.3, 0.4) is 0 Å². The lowest BCUT2D eigenvalue weighted by atomic mass is 10.1. The van der Waals surface area contributed by atoms with Crippen LogP contribution in [0.2, 0.25) is 0 Å². The number of hydrogen-bond donors (Lipinski definition) is 1. The maximum atomic E-state index is 10.6. The number of aliphatic hydroxyl groups is 1. The molecule has 0 saturated carbocycles. The first-order valence-electron chi connectivity index (χ1n) is 10.2. The van der Waals surface area contributed by atoms with Crippen LogP contribution in [0, 0.1) is 0 Å². The van der Waals surface area contributed by atoms with Crippen LogP contribution in [0.5, 0.6) is 17.2 Å². The summed E-state index contributed by atoms with van der Waals surface area (Å²) < 4.78 is 27.1. The standard InChI is InChI=1S/C24H27NO6/c1-27-21-5-2-4-18(10-21)12-25(13-19-7-8-23-24(11-19)31-17-30-23)14-20(26)15-28-16-22-6-3-9-29-22/h2-11,20,26H,12-17H2,1H3/t20-/m0/s1. The number of ether oxygens (including phenoxy) is 4. The van der Waals surface area contributed by atoms with Gasteiger partial charge in [-0.3, -0.25) is 4.90 Å². The van der Waals surface area contributed by atoms with Crippen LogP contribution >= 0.6 is 0 Å². The minimum Gasteiger partial charge on any atom is -0.497 e. The van der Waals surface area contributed by atoms with Gasteiger partial charge in [-0.25, -0.2) is 0 Å². The van der Waals surface area contributed by atoms with Gasteiger partial charge >= 0.3 is 0 Å². The van der Waals surface area contributed by atoms with Crippen LogP contribution in [0.4, 0.5) is 0 Å². The van der Waals surface area contributed by atoms with Crippen molar-refractivity contribution < 1.29 is 28.5 Å². The number of benzene rings is 2. The molecule has 2 heterocycles. The minimum atomic E-state index is -0.644. The van der Waals surface area contributed by atoms with E-state index in [0.29, 0.717) is 26.2 Å². The normalized spacial score (nSPS) is 13.5. The van der Waals surface area contributed by atoms with Crippen molar-refractivity contribution >= 4 is 0 Å². The molecule has 0 fully saturated rings. The molecule has 1 aliphatic rings. The lowest BCUT2D eigenvalue weighted by Gasteiger charge is -2.25. The third-order valence-corrected chi connectivity index (χ3v) is 4.99. The van der Waals surface area contributed by atoms with E-state index in [1.807, 2.05) is 48.5 Å². The van der Waals surface area contributed by atoms with Crippen molar-refractivity contribution in [2.45, 2.75) is 25.8 Å². The van der Waals surface area contributed by atoms with E-state index >= 15 is 0 Å². The van der Waals surface area contributed by atoms with Crippen molar-refractivity contribution in [1.82, 2.24) is 4.90 Å². The fraction of sp³-hybridized carbons (Fsp3) is 0.333. The zero-order valence-corrected chi connectivity index (χ0v) is 17.5. The highest BCUT2D eigenvalue weighted by Gasteiger charge is 2.17.